The van der Waals surface area contributed by atoms with Crippen LogP contribution in [0.3, 0.4) is 0 Å². The molecule has 0 aliphatic heterocycles. The first-order valence-electron chi connectivity index (χ1n) is 4.71. The van der Waals surface area contributed by atoms with Crippen molar-refractivity contribution in [3.05, 3.63) is 29.8 Å². The summed E-state index contributed by atoms with van der Waals surface area (Å²) in [5.41, 5.74) is 0.553. The van der Waals surface area contributed by atoms with Crippen molar-refractivity contribution in [3.8, 4) is 11.5 Å². The van der Waals surface area contributed by atoms with Crippen LogP contribution in [0.25, 0.3) is 10.8 Å². The van der Waals surface area contributed by atoms with Gasteiger partial charge in [-0.3, -0.25) is 0 Å². The Labute approximate surface area is 97.7 Å². The normalized spacial score (nSPS) is 11.9. The summed E-state index contributed by atoms with van der Waals surface area (Å²) in [6.07, 6.45) is 0. The maximum absolute atomic E-state index is 10.9. The quantitative estimate of drug-likeness (QED) is 0.750. The standard InChI is InChI=1S/C11H10O5S/c1-6-2-7-5-11(17(14,15)16)10(13)4-8(7)3-9(6)12/h2-5,12-13H,1H3,(H,14,15,16)/p-1. The Kier molecular flexibility index (Phi) is 2.48. The van der Waals surface area contributed by atoms with Crippen molar-refractivity contribution in [3.63, 3.8) is 0 Å². The van der Waals surface area contributed by atoms with Crippen LogP contribution in [0.1, 0.15) is 5.56 Å². The van der Waals surface area contributed by atoms with Gasteiger partial charge in [-0.05, 0) is 47.5 Å². The Bertz CT molecular complexity index is 703. The van der Waals surface area contributed by atoms with E-state index in [-0.39, 0.29) is 5.75 Å². The molecule has 0 spiro atoms. The molecule has 90 valence electrons. The lowest BCUT2D eigenvalue weighted by Gasteiger charge is -2.11. The van der Waals surface area contributed by atoms with E-state index in [2.05, 4.69) is 0 Å². The van der Waals surface area contributed by atoms with Gasteiger partial charge >= 0.3 is 0 Å². The summed E-state index contributed by atoms with van der Waals surface area (Å²) in [7, 11) is -4.71. The minimum absolute atomic E-state index is 0.0367. The molecule has 0 amide bonds. The smallest absolute Gasteiger partial charge is 0.133 e. The van der Waals surface area contributed by atoms with Crippen molar-refractivity contribution in [1.29, 1.82) is 0 Å². The number of fused-ring (bicyclic) bond motifs is 1. The molecule has 0 saturated carbocycles. The maximum Gasteiger partial charge on any atom is 0.133 e. The first-order valence-corrected chi connectivity index (χ1v) is 6.12. The second-order valence-corrected chi connectivity index (χ2v) is 5.11. The van der Waals surface area contributed by atoms with Crippen molar-refractivity contribution in [2.45, 2.75) is 11.8 Å². The molecule has 5 nitrogen and oxygen atoms in total. The summed E-state index contributed by atoms with van der Waals surface area (Å²) in [5.74, 6) is -0.578. The molecule has 2 aromatic rings. The maximum atomic E-state index is 10.9. The lowest BCUT2D eigenvalue weighted by Crippen LogP contribution is -1.99. The fourth-order valence-corrected chi connectivity index (χ4v) is 2.21. The van der Waals surface area contributed by atoms with Gasteiger partial charge in [0.1, 0.15) is 21.6 Å². The number of hydrogen-bond donors (Lipinski definition) is 2. The van der Waals surface area contributed by atoms with Gasteiger partial charge in [-0.25, -0.2) is 8.42 Å². The number of hydrogen-bond acceptors (Lipinski definition) is 5. The number of aromatic hydroxyl groups is 2. The van der Waals surface area contributed by atoms with Gasteiger partial charge in [0.15, 0.2) is 0 Å². The van der Waals surface area contributed by atoms with Crippen molar-refractivity contribution < 1.29 is 23.2 Å². The largest absolute Gasteiger partial charge is 0.744 e. The molecule has 0 radical (unpaired) electrons. The molecule has 0 aromatic heterocycles. The fraction of sp³-hybridized carbons (Fsp3) is 0.0909. The van der Waals surface area contributed by atoms with Gasteiger partial charge in [-0.1, -0.05) is 0 Å². The van der Waals surface area contributed by atoms with Gasteiger partial charge in [0, 0.05) is 0 Å². The first kappa shape index (κ1) is 11.7. The van der Waals surface area contributed by atoms with Gasteiger partial charge in [0.25, 0.3) is 0 Å². The first-order chi connectivity index (χ1) is 7.79. The summed E-state index contributed by atoms with van der Waals surface area (Å²) < 4.78 is 32.7. The minimum Gasteiger partial charge on any atom is -0.744 e. The third-order valence-corrected chi connectivity index (χ3v) is 3.37. The molecule has 0 saturated heterocycles. The van der Waals surface area contributed by atoms with Crippen molar-refractivity contribution in [1.82, 2.24) is 0 Å². The van der Waals surface area contributed by atoms with E-state index < -0.39 is 20.8 Å². The van der Waals surface area contributed by atoms with E-state index >= 15 is 0 Å². The van der Waals surface area contributed by atoms with E-state index in [1.807, 2.05) is 0 Å². The van der Waals surface area contributed by atoms with E-state index in [4.69, 9.17) is 0 Å². The van der Waals surface area contributed by atoms with Gasteiger partial charge in [-0.2, -0.15) is 0 Å². The van der Waals surface area contributed by atoms with Crippen LogP contribution in [0, 0.1) is 6.92 Å². The molecule has 2 aromatic carbocycles. The Morgan fingerprint density at radius 1 is 1.00 bits per heavy atom. The Morgan fingerprint density at radius 3 is 2.12 bits per heavy atom. The minimum atomic E-state index is -4.71. The number of rotatable bonds is 1. The van der Waals surface area contributed by atoms with E-state index in [0.29, 0.717) is 16.3 Å². The van der Waals surface area contributed by atoms with Crippen LogP contribution in [0.4, 0.5) is 0 Å². The summed E-state index contributed by atoms with van der Waals surface area (Å²) in [4.78, 5) is -0.657. The average molecular weight is 253 g/mol. The van der Waals surface area contributed by atoms with Gasteiger partial charge in [0.05, 0.1) is 4.90 Å². The highest BCUT2D eigenvalue weighted by Gasteiger charge is 2.11. The molecule has 17 heavy (non-hydrogen) atoms. The number of phenolic OH excluding ortho intramolecular Hbond substituents is 2. The van der Waals surface area contributed by atoms with Gasteiger partial charge in [-0.15, -0.1) is 0 Å². The molecular formula is C11H9O5S-. The van der Waals surface area contributed by atoms with Crippen LogP contribution in [0.15, 0.2) is 29.2 Å². The SMILES string of the molecule is Cc1cc2cc(S(=O)(=O)[O-])c(O)cc2cc1O. The summed E-state index contributed by atoms with van der Waals surface area (Å²) in [5, 5.41) is 19.8. The van der Waals surface area contributed by atoms with Crippen molar-refractivity contribution >= 4 is 20.9 Å². The second kappa shape index (κ2) is 3.61. The molecule has 0 heterocycles. The molecule has 0 atom stereocenters. The highest BCUT2D eigenvalue weighted by Crippen LogP contribution is 2.31. The molecule has 0 unspecified atom stereocenters. The highest BCUT2D eigenvalue weighted by atomic mass is 32.2. The van der Waals surface area contributed by atoms with E-state index in [0.717, 1.165) is 12.1 Å². The molecule has 6 heteroatoms. The van der Waals surface area contributed by atoms with Crippen LogP contribution in [0.2, 0.25) is 0 Å². The Balaban J connectivity index is 2.86. The molecular weight excluding hydrogens is 244 g/mol. The predicted molar refractivity (Wildman–Crippen MR) is 60.0 cm³/mol. The zero-order valence-corrected chi connectivity index (χ0v) is 9.65. The lowest BCUT2D eigenvalue weighted by molar-refractivity contribution is 0.436. The van der Waals surface area contributed by atoms with Gasteiger partial charge in [0.2, 0.25) is 0 Å². The van der Waals surface area contributed by atoms with Crippen LogP contribution in [-0.2, 0) is 10.1 Å². The topological polar surface area (TPSA) is 97.7 Å². The number of phenols is 2. The third kappa shape index (κ3) is 2.04. The van der Waals surface area contributed by atoms with Crippen LogP contribution < -0.4 is 0 Å². The molecule has 0 fully saturated rings. The summed E-state index contributed by atoms with van der Waals surface area (Å²) in [6.45, 7) is 1.65. The molecule has 0 aliphatic carbocycles. The fourth-order valence-electron chi connectivity index (χ4n) is 1.62. The average Bonchev–Trinajstić information content (AvgIpc) is 2.18. The zero-order chi connectivity index (χ0) is 12.8. The van der Waals surface area contributed by atoms with Crippen molar-refractivity contribution in [2.24, 2.45) is 0 Å². The van der Waals surface area contributed by atoms with E-state index in [9.17, 15) is 23.2 Å². The Morgan fingerprint density at radius 2 is 1.53 bits per heavy atom. The molecule has 0 bridgehead atoms. The molecule has 2 rings (SSSR count). The molecule has 2 N–H and O–H groups in total. The monoisotopic (exact) mass is 253 g/mol. The second-order valence-electron chi connectivity index (χ2n) is 3.76. The van der Waals surface area contributed by atoms with Gasteiger partial charge < -0.3 is 14.8 Å². The number of benzene rings is 2. The van der Waals surface area contributed by atoms with Crippen LogP contribution in [-0.4, -0.2) is 23.2 Å². The predicted octanol–water partition coefficient (Wildman–Crippen LogP) is 1.46. The van der Waals surface area contributed by atoms with E-state index in [1.54, 1.807) is 13.0 Å². The highest BCUT2D eigenvalue weighted by molar-refractivity contribution is 7.85. The van der Waals surface area contributed by atoms with Crippen LogP contribution >= 0.6 is 0 Å². The lowest BCUT2D eigenvalue weighted by atomic mass is 10.1. The third-order valence-electron chi connectivity index (χ3n) is 2.50. The van der Waals surface area contributed by atoms with Crippen molar-refractivity contribution in [2.75, 3.05) is 0 Å². The Hall–Kier alpha value is -1.79. The van der Waals surface area contributed by atoms with E-state index in [1.165, 1.54) is 6.07 Å². The summed E-state index contributed by atoms with van der Waals surface area (Å²) in [6, 6.07) is 5.17. The van der Waals surface area contributed by atoms with Crippen LogP contribution in [0.5, 0.6) is 11.5 Å². The summed E-state index contributed by atoms with van der Waals surface area (Å²) >= 11 is 0. The zero-order valence-electron chi connectivity index (χ0n) is 8.84. The molecule has 0 aliphatic rings. The number of aryl methyl sites for hydroxylation is 1.